The normalized spacial score (nSPS) is 15.6. The largest absolute Gasteiger partial charge is 0.416 e. The summed E-state index contributed by atoms with van der Waals surface area (Å²) in [5.74, 6) is -1.37. The Kier molecular flexibility index (Phi) is 7.91. The lowest BCUT2D eigenvalue weighted by Gasteiger charge is -2.23. The second-order valence-electron chi connectivity index (χ2n) is 8.09. The molecule has 2 N–H and O–H groups in total. The fourth-order valence-electron chi connectivity index (χ4n) is 4.03. The van der Waals surface area contributed by atoms with Gasteiger partial charge in [0.05, 0.1) is 5.56 Å². The van der Waals surface area contributed by atoms with Crippen molar-refractivity contribution in [2.45, 2.75) is 38.3 Å². The number of amides is 1. The Labute approximate surface area is 186 Å². The molecule has 1 heterocycles. The first-order valence-corrected chi connectivity index (χ1v) is 10.8. The maximum absolute atomic E-state index is 13.0. The van der Waals surface area contributed by atoms with Gasteiger partial charge in [0.15, 0.2) is 0 Å². The van der Waals surface area contributed by atoms with Gasteiger partial charge in [0.1, 0.15) is 0 Å². The molecule has 0 aliphatic carbocycles. The summed E-state index contributed by atoms with van der Waals surface area (Å²) < 4.78 is 43.9. The van der Waals surface area contributed by atoms with Gasteiger partial charge in [0, 0.05) is 19.1 Å². The van der Waals surface area contributed by atoms with Crippen LogP contribution in [-0.2, 0) is 22.1 Å². The molecule has 0 spiro atoms. The van der Waals surface area contributed by atoms with E-state index in [1.54, 1.807) is 6.07 Å². The molecule has 6 heteroatoms. The maximum Gasteiger partial charge on any atom is 0.416 e. The smallest absolute Gasteiger partial charge is 0.381 e. The maximum atomic E-state index is 13.0. The lowest BCUT2D eigenvalue weighted by molar-refractivity contribution is -0.137. The zero-order valence-electron chi connectivity index (χ0n) is 18.1. The minimum Gasteiger partial charge on any atom is -0.381 e. The second-order valence-corrected chi connectivity index (χ2v) is 8.09. The highest BCUT2D eigenvalue weighted by atomic mass is 19.4. The third-order valence-corrected chi connectivity index (χ3v) is 5.82. The van der Waals surface area contributed by atoms with E-state index in [4.69, 9.17) is 10.5 Å². The van der Waals surface area contributed by atoms with E-state index in [-0.39, 0.29) is 12.3 Å². The number of rotatable bonds is 5. The van der Waals surface area contributed by atoms with Gasteiger partial charge in [-0.05, 0) is 53.1 Å². The molecule has 0 bridgehead atoms. The Hall–Kier alpha value is -2.86. The topological polar surface area (TPSA) is 52.3 Å². The molecule has 1 fully saturated rings. The fraction of sp³-hybridized carbons (Fsp3) is 0.346. The van der Waals surface area contributed by atoms with Crippen molar-refractivity contribution in [3.63, 3.8) is 0 Å². The van der Waals surface area contributed by atoms with Gasteiger partial charge in [-0.15, -0.1) is 0 Å². The molecule has 2 unspecified atom stereocenters. The number of fused-ring (bicyclic) bond motifs is 1. The summed E-state index contributed by atoms with van der Waals surface area (Å²) in [6, 6.07) is 18.7. The number of primary amides is 1. The zero-order valence-corrected chi connectivity index (χ0v) is 18.1. The van der Waals surface area contributed by atoms with Crippen molar-refractivity contribution in [2.75, 3.05) is 13.2 Å². The van der Waals surface area contributed by atoms with Gasteiger partial charge in [-0.3, -0.25) is 4.79 Å². The summed E-state index contributed by atoms with van der Waals surface area (Å²) in [6.45, 7) is 3.89. The van der Waals surface area contributed by atoms with Gasteiger partial charge >= 0.3 is 6.18 Å². The van der Waals surface area contributed by atoms with Crippen LogP contribution in [0.4, 0.5) is 13.2 Å². The minimum atomic E-state index is -4.42. The van der Waals surface area contributed by atoms with Crippen molar-refractivity contribution in [3.8, 4) is 0 Å². The minimum absolute atomic E-state index is 0.156. The molecule has 3 aromatic rings. The monoisotopic (exact) mass is 443 g/mol. The summed E-state index contributed by atoms with van der Waals surface area (Å²) in [5.41, 5.74) is 6.32. The van der Waals surface area contributed by atoms with Crippen molar-refractivity contribution < 1.29 is 22.7 Å². The lowest BCUT2D eigenvalue weighted by atomic mass is 9.81. The number of ether oxygens (including phenoxy) is 1. The van der Waals surface area contributed by atoms with Gasteiger partial charge in [-0.25, -0.2) is 0 Å². The third-order valence-electron chi connectivity index (χ3n) is 5.82. The number of hydrogen-bond acceptors (Lipinski definition) is 2. The van der Waals surface area contributed by atoms with Gasteiger partial charge in [0.2, 0.25) is 5.91 Å². The summed E-state index contributed by atoms with van der Waals surface area (Å²) >= 11 is 0. The molecule has 0 radical (unpaired) electrons. The van der Waals surface area contributed by atoms with Gasteiger partial charge in [-0.1, -0.05) is 67.6 Å². The van der Waals surface area contributed by atoms with E-state index in [0.29, 0.717) is 5.56 Å². The van der Waals surface area contributed by atoms with Crippen LogP contribution in [-0.4, -0.2) is 19.1 Å². The number of carbonyl (C=O) groups is 1. The van der Waals surface area contributed by atoms with E-state index >= 15 is 0 Å². The van der Waals surface area contributed by atoms with Crippen LogP contribution in [0.3, 0.4) is 0 Å². The van der Waals surface area contributed by atoms with Crippen molar-refractivity contribution in [1.82, 2.24) is 0 Å². The summed E-state index contributed by atoms with van der Waals surface area (Å²) in [6.07, 6.45) is -1.71. The first kappa shape index (κ1) is 23.8. The van der Waals surface area contributed by atoms with Crippen molar-refractivity contribution in [1.29, 1.82) is 0 Å². The molecular formula is C26H28F3NO2. The number of benzene rings is 3. The Morgan fingerprint density at radius 3 is 2.28 bits per heavy atom. The lowest BCUT2D eigenvalue weighted by Crippen LogP contribution is -2.29. The van der Waals surface area contributed by atoms with Gasteiger partial charge in [-0.2, -0.15) is 13.2 Å². The molecule has 3 aromatic carbocycles. The quantitative estimate of drug-likeness (QED) is 0.518. The Morgan fingerprint density at radius 1 is 1.00 bits per heavy atom. The Morgan fingerprint density at radius 2 is 1.66 bits per heavy atom. The Balaban J connectivity index is 0.000000509. The highest BCUT2D eigenvalue weighted by Gasteiger charge is 2.31. The standard InChI is InChI=1S/C22H20F3NO.C4H8O/c1-14(18-11-5-8-16-7-2-3-10-19(16)18)20(21(26)27)13-15-6-4-9-17(12-15)22(23,24)25;1-2-4-5-3-1/h2-12,14,20H,13H2,1H3,(H2,26,27);1-4H2. The van der Waals surface area contributed by atoms with E-state index in [1.165, 1.54) is 18.9 Å². The number of alkyl halides is 3. The second kappa shape index (κ2) is 10.6. The summed E-state index contributed by atoms with van der Waals surface area (Å²) in [7, 11) is 0. The van der Waals surface area contributed by atoms with Crippen LogP contribution in [0.2, 0.25) is 0 Å². The third kappa shape index (κ3) is 6.10. The molecule has 1 saturated heterocycles. The molecule has 1 amide bonds. The molecule has 0 aromatic heterocycles. The number of nitrogens with two attached hydrogens (primary N) is 1. The molecule has 0 saturated carbocycles. The van der Waals surface area contributed by atoms with Crippen molar-refractivity contribution >= 4 is 16.7 Å². The molecule has 3 nitrogen and oxygen atoms in total. The molecular weight excluding hydrogens is 415 g/mol. The summed E-state index contributed by atoms with van der Waals surface area (Å²) in [4.78, 5) is 12.1. The first-order valence-electron chi connectivity index (χ1n) is 10.8. The van der Waals surface area contributed by atoms with Gasteiger partial charge < -0.3 is 10.5 Å². The number of hydrogen-bond donors (Lipinski definition) is 1. The predicted octanol–water partition coefficient (Wildman–Crippen LogP) is 6.10. The average molecular weight is 444 g/mol. The SMILES string of the molecule is C1CCOC1.CC(c1cccc2ccccc12)C(Cc1cccc(C(F)(F)F)c1)C(N)=O. The predicted molar refractivity (Wildman–Crippen MR) is 120 cm³/mol. The molecule has 32 heavy (non-hydrogen) atoms. The zero-order chi connectivity index (χ0) is 23.1. The average Bonchev–Trinajstić information content (AvgIpc) is 3.36. The highest BCUT2D eigenvalue weighted by Crippen LogP contribution is 2.34. The fourth-order valence-corrected chi connectivity index (χ4v) is 4.03. The molecule has 170 valence electrons. The van der Waals surface area contributed by atoms with Crippen LogP contribution < -0.4 is 5.73 Å². The molecule has 1 aliphatic heterocycles. The number of halogens is 3. The molecule has 4 rings (SSSR count). The van der Waals surface area contributed by atoms with Crippen LogP contribution in [0.5, 0.6) is 0 Å². The highest BCUT2D eigenvalue weighted by molar-refractivity contribution is 5.87. The van der Waals surface area contributed by atoms with Crippen LogP contribution in [0.25, 0.3) is 10.8 Å². The number of carbonyl (C=O) groups excluding carboxylic acids is 1. The van der Waals surface area contributed by atoms with E-state index in [9.17, 15) is 18.0 Å². The van der Waals surface area contributed by atoms with E-state index in [2.05, 4.69) is 0 Å². The van der Waals surface area contributed by atoms with Crippen molar-refractivity contribution in [2.24, 2.45) is 11.7 Å². The van der Waals surface area contributed by atoms with E-state index < -0.39 is 23.6 Å². The van der Waals surface area contributed by atoms with Crippen LogP contribution in [0.1, 0.15) is 42.4 Å². The van der Waals surface area contributed by atoms with Crippen molar-refractivity contribution in [3.05, 3.63) is 83.4 Å². The molecule has 1 aliphatic rings. The van der Waals surface area contributed by atoms with E-state index in [1.807, 2.05) is 49.4 Å². The van der Waals surface area contributed by atoms with Crippen LogP contribution >= 0.6 is 0 Å². The van der Waals surface area contributed by atoms with Gasteiger partial charge in [0.25, 0.3) is 0 Å². The van der Waals surface area contributed by atoms with Crippen LogP contribution in [0, 0.1) is 5.92 Å². The van der Waals surface area contributed by atoms with E-state index in [0.717, 1.165) is 41.7 Å². The van der Waals surface area contributed by atoms with Crippen LogP contribution in [0.15, 0.2) is 66.7 Å². The molecule has 2 atom stereocenters. The Bertz CT molecular complexity index is 1030. The summed E-state index contributed by atoms with van der Waals surface area (Å²) in [5, 5.41) is 2.06. The first-order chi connectivity index (χ1) is 15.3.